The Balaban J connectivity index is 2.77. The Bertz CT molecular complexity index is 502. The molecular formula is C13H18IN3OS2. The number of pyridine rings is 1. The van der Waals surface area contributed by atoms with Gasteiger partial charge in [0.25, 0.3) is 0 Å². The fraction of sp³-hybridized carbons (Fsp3) is 0.462. The van der Waals surface area contributed by atoms with Crippen LogP contribution in [0.4, 0.5) is 5.69 Å². The standard InChI is InChI=1S/C13H18IN3OS2/c1-2-3-7-20(18)17-13(5-4-6-19-14)11-8-12(15)10-16-9-11/h8-10,13,17H,2-3,5,7,15H2,1H3. The van der Waals surface area contributed by atoms with Gasteiger partial charge in [-0.05, 0) is 32.2 Å². The molecule has 0 amide bonds. The van der Waals surface area contributed by atoms with Gasteiger partial charge in [0.1, 0.15) is 0 Å². The van der Waals surface area contributed by atoms with Gasteiger partial charge < -0.3 is 5.73 Å². The van der Waals surface area contributed by atoms with Crippen LogP contribution in [0.2, 0.25) is 0 Å². The maximum Gasteiger partial charge on any atom is 0.0921 e. The van der Waals surface area contributed by atoms with Crippen molar-refractivity contribution in [2.24, 2.45) is 0 Å². The summed E-state index contributed by atoms with van der Waals surface area (Å²) >= 11 is 2.13. The second-order valence-corrected chi connectivity index (χ2v) is 7.20. The zero-order valence-electron chi connectivity index (χ0n) is 11.3. The van der Waals surface area contributed by atoms with Crippen LogP contribution < -0.4 is 10.5 Å². The third kappa shape index (κ3) is 6.92. The topological polar surface area (TPSA) is 68.0 Å². The minimum atomic E-state index is -1.06. The second-order valence-electron chi connectivity index (χ2n) is 4.19. The quantitative estimate of drug-likeness (QED) is 0.522. The Labute approximate surface area is 139 Å². The van der Waals surface area contributed by atoms with Crippen LogP contribution in [0.15, 0.2) is 18.5 Å². The summed E-state index contributed by atoms with van der Waals surface area (Å²) in [6.07, 6.45) is 5.89. The summed E-state index contributed by atoms with van der Waals surface area (Å²) in [7, 11) is 0.382. The van der Waals surface area contributed by atoms with E-state index in [1.165, 1.54) is 8.93 Å². The van der Waals surface area contributed by atoms with Crippen LogP contribution in [-0.2, 0) is 11.0 Å². The molecule has 0 bridgehead atoms. The normalized spacial score (nSPS) is 13.3. The SMILES string of the molecule is CCCCS(=O)NC(CC#CSI)c1cncc(N)c1. The van der Waals surface area contributed by atoms with Crippen molar-refractivity contribution in [2.75, 3.05) is 11.5 Å². The molecule has 1 aromatic heterocycles. The van der Waals surface area contributed by atoms with Gasteiger partial charge in [-0.2, -0.15) is 0 Å². The minimum Gasteiger partial charge on any atom is -0.397 e. The molecule has 0 saturated heterocycles. The van der Waals surface area contributed by atoms with Crippen molar-refractivity contribution in [3.05, 3.63) is 24.0 Å². The zero-order valence-corrected chi connectivity index (χ0v) is 15.1. The number of halogens is 1. The molecular weight excluding hydrogens is 405 g/mol. The van der Waals surface area contributed by atoms with Crippen LogP contribution >= 0.6 is 30.1 Å². The molecule has 0 spiro atoms. The molecule has 7 heteroatoms. The monoisotopic (exact) mass is 423 g/mol. The lowest BCUT2D eigenvalue weighted by atomic mass is 10.1. The highest BCUT2D eigenvalue weighted by atomic mass is 127. The minimum absolute atomic E-state index is 0.111. The van der Waals surface area contributed by atoms with E-state index in [4.69, 9.17) is 5.73 Å². The van der Waals surface area contributed by atoms with Crippen LogP contribution in [0.3, 0.4) is 0 Å². The number of nitrogens with one attached hydrogen (secondary N) is 1. The summed E-state index contributed by atoms with van der Waals surface area (Å²) in [4.78, 5) is 4.08. The molecule has 0 saturated carbocycles. The lowest BCUT2D eigenvalue weighted by Gasteiger charge is -2.16. The molecule has 4 nitrogen and oxygen atoms in total. The number of nitrogens with zero attached hydrogens (tertiary/aromatic N) is 1. The summed E-state index contributed by atoms with van der Waals surface area (Å²) in [5, 5.41) is 2.94. The van der Waals surface area contributed by atoms with E-state index in [2.05, 4.69) is 49.0 Å². The van der Waals surface area contributed by atoms with Crippen LogP contribution in [0.1, 0.15) is 37.8 Å². The number of rotatable bonds is 7. The molecule has 0 radical (unpaired) electrons. The fourth-order valence-electron chi connectivity index (χ4n) is 1.56. The van der Waals surface area contributed by atoms with Crippen molar-refractivity contribution in [1.82, 2.24) is 9.71 Å². The predicted molar refractivity (Wildman–Crippen MR) is 96.4 cm³/mol. The first-order chi connectivity index (χ1) is 9.67. The highest BCUT2D eigenvalue weighted by Crippen LogP contribution is 2.19. The van der Waals surface area contributed by atoms with E-state index in [1.807, 2.05) is 6.07 Å². The molecule has 3 N–H and O–H groups in total. The van der Waals surface area contributed by atoms with E-state index in [-0.39, 0.29) is 6.04 Å². The summed E-state index contributed by atoms with van der Waals surface area (Å²) in [6.45, 7) is 2.08. The smallest absolute Gasteiger partial charge is 0.0921 e. The first-order valence-electron chi connectivity index (χ1n) is 6.27. The molecule has 1 rings (SSSR count). The first kappa shape index (κ1) is 17.8. The van der Waals surface area contributed by atoms with Gasteiger partial charge in [0, 0.05) is 45.8 Å². The van der Waals surface area contributed by atoms with E-state index >= 15 is 0 Å². The Morgan fingerprint density at radius 2 is 2.40 bits per heavy atom. The Morgan fingerprint density at radius 1 is 1.60 bits per heavy atom. The van der Waals surface area contributed by atoms with Gasteiger partial charge in [0.15, 0.2) is 0 Å². The summed E-state index contributed by atoms with van der Waals surface area (Å²) < 4.78 is 15.1. The van der Waals surface area contributed by atoms with Gasteiger partial charge in [0.2, 0.25) is 0 Å². The van der Waals surface area contributed by atoms with Crippen LogP contribution in [0.25, 0.3) is 0 Å². The number of hydrogen-bond acceptors (Lipinski definition) is 4. The van der Waals surface area contributed by atoms with Crippen molar-refractivity contribution >= 4 is 46.8 Å². The molecule has 0 aromatic carbocycles. The molecule has 0 aliphatic carbocycles. The lowest BCUT2D eigenvalue weighted by Crippen LogP contribution is -2.25. The van der Waals surface area contributed by atoms with Crippen LogP contribution in [0, 0.1) is 11.2 Å². The third-order valence-corrected chi connectivity index (χ3v) is 4.65. The number of anilines is 1. The van der Waals surface area contributed by atoms with E-state index in [0.29, 0.717) is 17.9 Å². The largest absolute Gasteiger partial charge is 0.397 e. The number of unbranched alkanes of at least 4 members (excludes halogenated alkanes) is 1. The number of hydrogen-bond donors (Lipinski definition) is 2. The molecule has 1 heterocycles. The summed E-state index contributed by atoms with van der Waals surface area (Å²) in [6, 6.07) is 1.74. The fourth-order valence-corrected chi connectivity index (χ4v) is 3.37. The average molecular weight is 423 g/mol. The molecule has 2 atom stereocenters. The van der Waals surface area contributed by atoms with Crippen molar-refractivity contribution in [3.8, 4) is 11.2 Å². The summed E-state index contributed by atoms with van der Waals surface area (Å²) in [5.41, 5.74) is 7.28. The van der Waals surface area contributed by atoms with Crippen molar-refractivity contribution in [1.29, 1.82) is 0 Å². The number of nitrogens with two attached hydrogens (primary N) is 1. The van der Waals surface area contributed by atoms with E-state index < -0.39 is 11.0 Å². The Hall–Kier alpha value is -0.300. The first-order valence-corrected chi connectivity index (χ1v) is 11.0. The number of aromatic nitrogens is 1. The van der Waals surface area contributed by atoms with Crippen molar-refractivity contribution < 1.29 is 4.21 Å². The maximum atomic E-state index is 12.0. The molecule has 2 unspecified atom stereocenters. The Kier molecular flexibility index (Phi) is 9.26. The summed E-state index contributed by atoms with van der Waals surface area (Å²) in [5.74, 6) is 3.70. The highest BCUT2D eigenvalue weighted by Gasteiger charge is 2.13. The molecule has 0 fully saturated rings. The zero-order chi connectivity index (χ0) is 14.8. The molecule has 0 aliphatic heterocycles. The second kappa shape index (κ2) is 10.4. The van der Waals surface area contributed by atoms with Crippen LogP contribution in [-0.4, -0.2) is 14.9 Å². The van der Waals surface area contributed by atoms with E-state index in [1.54, 1.807) is 12.4 Å². The van der Waals surface area contributed by atoms with Crippen LogP contribution in [0.5, 0.6) is 0 Å². The van der Waals surface area contributed by atoms with Crippen molar-refractivity contribution in [3.63, 3.8) is 0 Å². The van der Waals surface area contributed by atoms with Gasteiger partial charge >= 0.3 is 0 Å². The van der Waals surface area contributed by atoms with E-state index in [9.17, 15) is 4.21 Å². The molecule has 1 aromatic rings. The highest BCUT2D eigenvalue weighted by molar-refractivity contribution is 14.2. The maximum absolute atomic E-state index is 12.0. The molecule has 20 heavy (non-hydrogen) atoms. The third-order valence-electron chi connectivity index (χ3n) is 2.56. The average Bonchev–Trinajstić information content (AvgIpc) is 2.44. The van der Waals surface area contributed by atoms with Gasteiger partial charge in [-0.15, -0.1) is 0 Å². The molecule has 0 aliphatic rings. The number of nitrogen functional groups attached to an aromatic ring is 1. The van der Waals surface area contributed by atoms with Gasteiger partial charge in [-0.25, -0.2) is 8.93 Å². The van der Waals surface area contributed by atoms with Crippen molar-refractivity contribution in [2.45, 2.75) is 32.2 Å². The van der Waals surface area contributed by atoms with Gasteiger partial charge in [-0.1, -0.05) is 19.3 Å². The molecule has 110 valence electrons. The Morgan fingerprint density at radius 3 is 3.05 bits per heavy atom. The van der Waals surface area contributed by atoms with E-state index in [0.717, 1.165) is 18.4 Å². The predicted octanol–water partition coefficient (Wildman–Crippen LogP) is 3.19. The van der Waals surface area contributed by atoms with Gasteiger partial charge in [-0.3, -0.25) is 4.98 Å². The lowest BCUT2D eigenvalue weighted by molar-refractivity contribution is 0.631. The van der Waals surface area contributed by atoms with Gasteiger partial charge in [0.05, 0.1) is 22.7 Å².